The van der Waals surface area contributed by atoms with Crippen LogP contribution in [0.2, 0.25) is 0 Å². The average molecular weight is 142 g/mol. The van der Waals surface area contributed by atoms with E-state index in [1.165, 1.54) is 0 Å². The molecule has 1 aromatic rings. The molecule has 4 nitrogen and oxygen atoms in total. The number of rotatable bonds is 2. The number of nitrogens with zero attached hydrogens (tertiary/aromatic N) is 3. The molecule has 1 N–H and O–H groups in total. The van der Waals surface area contributed by atoms with E-state index in [9.17, 15) is 4.39 Å². The minimum absolute atomic E-state index is 0.273. The highest BCUT2D eigenvalue weighted by Crippen LogP contribution is 1.93. The minimum atomic E-state index is -0.758. The van der Waals surface area contributed by atoms with Gasteiger partial charge in [-0.25, -0.2) is 4.98 Å². The van der Waals surface area contributed by atoms with Crippen molar-refractivity contribution in [2.24, 2.45) is 0 Å². The molecule has 0 atom stereocenters. The third-order valence-electron chi connectivity index (χ3n) is 0.877. The number of halogens is 1. The maximum atomic E-state index is 12.2. The van der Waals surface area contributed by atoms with Crippen molar-refractivity contribution in [1.29, 1.82) is 0 Å². The summed E-state index contributed by atoms with van der Waals surface area (Å²) < 4.78 is 12.2. The molecule has 1 aromatic heterocycles. The second-order valence-corrected chi connectivity index (χ2v) is 1.61. The van der Waals surface area contributed by atoms with Gasteiger partial charge in [-0.05, 0) is 6.92 Å². The van der Waals surface area contributed by atoms with Gasteiger partial charge in [-0.3, -0.25) is 0 Å². The SMILES string of the molecule is CCNc1ncnc(F)n1. The molecule has 5 heteroatoms. The van der Waals surface area contributed by atoms with Crippen LogP contribution >= 0.6 is 0 Å². The Balaban J connectivity index is 2.75. The van der Waals surface area contributed by atoms with Crippen LogP contribution in [0.4, 0.5) is 10.3 Å². The Hall–Kier alpha value is -1.26. The molecule has 0 aliphatic rings. The van der Waals surface area contributed by atoms with E-state index in [1.807, 2.05) is 6.92 Å². The summed E-state index contributed by atoms with van der Waals surface area (Å²) in [5.41, 5.74) is 0. The Bertz CT molecular complexity index is 215. The van der Waals surface area contributed by atoms with Gasteiger partial charge >= 0.3 is 6.08 Å². The van der Waals surface area contributed by atoms with E-state index in [0.717, 1.165) is 6.33 Å². The fourth-order valence-corrected chi connectivity index (χ4v) is 0.520. The molecular weight excluding hydrogens is 135 g/mol. The van der Waals surface area contributed by atoms with E-state index in [-0.39, 0.29) is 5.95 Å². The molecule has 0 spiro atoms. The van der Waals surface area contributed by atoms with Crippen molar-refractivity contribution in [2.75, 3.05) is 11.9 Å². The molecule has 0 fully saturated rings. The summed E-state index contributed by atoms with van der Waals surface area (Å²) in [6.07, 6.45) is 0.367. The molecule has 0 unspecified atom stereocenters. The van der Waals surface area contributed by atoms with Gasteiger partial charge in [0, 0.05) is 6.54 Å². The molecule has 0 saturated carbocycles. The Morgan fingerprint density at radius 1 is 1.60 bits per heavy atom. The summed E-state index contributed by atoms with van der Waals surface area (Å²) in [5, 5.41) is 2.75. The van der Waals surface area contributed by atoms with Crippen LogP contribution < -0.4 is 5.32 Å². The van der Waals surface area contributed by atoms with Crippen LogP contribution in [0.5, 0.6) is 0 Å². The molecule has 10 heavy (non-hydrogen) atoms. The number of aromatic nitrogens is 3. The third kappa shape index (κ3) is 1.61. The first kappa shape index (κ1) is 6.85. The van der Waals surface area contributed by atoms with Crippen LogP contribution in [0.3, 0.4) is 0 Å². The van der Waals surface area contributed by atoms with Crippen LogP contribution in [0, 0.1) is 6.08 Å². The van der Waals surface area contributed by atoms with Crippen LogP contribution in [0.25, 0.3) is 0 Å². The zero-order chi connectivity index (χ0) is 7.40. The van der Waals surface area contributed by atoms with Gasteiger partial charge in [-0.15, -0.1) is 0 Å². The van der Waals surface area contributed by atoms with Gasteiger partial charge < -0.3 is 5.32 Å². The molecule has 0 aromatic carbocycles. The van der Waals surface area contributed by atoms with Crippen LogP contribution in [-0.4, -0.2) is 21.5 Å². The molecule has 0 radical (unpaired) electrons. The van der Waals surface area contributed by atoms with Crippen molar-refractivity contribution in [3.05, 3.63) is 12.4 Å². The molecule has 0 aliphatic carbocycles. The van der Waals surface area contributed by atoms with Gasteiger partial charge in [0.1, 0.15) is 6.33 Å². The Kier molecular flexibility index (Phi) is 2.09. The number of nitrogens with one attached hydrogen (secondary N) is 1. The number of anilines is 1. The van der Waals surface area contributed by atoms with Gasteiger partial charge in [-0.1, -0.05) is 0 Å². The van der Waals surface area contributed by atoms with Gasteiger partial charge in [-0.2, -0.15) is 14.4 Å². The fraction of sp³-hybridized carbons (Fsp3) is 0.400. The zero-order valence-electron chi connectivity index (χ0n) is 5.50. The van der Waals surface area contributed by atoms with Gasteiger partial charge in [0.25, 0.3) is 0 Å². The van der Waals surface area contributed by atoms with Gasteiger partial charge in [0.05, 0.1) is 0 Å². The lowest BCUT2D eigenvalue weighted by Gasteiger charge is -1.96. The van der Waals surface area contributed by atoms with Crippen LogP contribution in [-0.2, 0) is 0 Å². The van der Waals surface area contributed by atoms with E-state index in [0.29, 0.717) is 6.54 Å². The lowest BCUT2D eigenvalue weighted by molar-refractivity contribution is 0.534. The van der Waals surface area contributed by atoms with Gasteiger partial charge in [0.2, 0.25) is 5.95 Å². The molecule has 1 rings (SSSR count). The topological polar surface area (TPSA) is 50.7 Å². The normalized spacial score (nSPS) is 9.40. The first-order valence-electron chi connectivity index (χ1n) is 2.91. The summed E-state index contributed by atoms with van der Waals surface area (Å²) >= 11 is 0. The van der Waals surface area contributed by atoms with E-state index in [2.05, 4.69) is 20.3 Å². The Morgan fingerprint density at radius 3 is 3.00 bits per heavy atom. The van der Waals surface area contributed by atoms with Crippen molar-refractivity contribution >= 4 is 5.95 Å². The monoisotopic (exact) mass is 142 g/mol. The standard InChI is InChI=1S/C5H7FN4/c1-2-7-5-9-3-8-4(6)10-5/h3H,2H2,1H3,(H,7,8,9,10). The number of hydrogen-bond acceptors (Lipinski definition) is 4. The van der Waals surface area contributed by atoms with Crippen molar-refractivity contribution in [3.8, 4) is 0 Å². The van der Waals surface area contributed by atoms with Crippen molar-refractivity contribution in [3.63, 3.8) is 0 Å². The first-order valence-corrected chi connectivity index (χ1v) is 2.91. The third-order valence-corrected chi connectivity index (χ3v) is 0.877. The van der Waals surface area contributed by atoms with Crippen LogP contribution in [0.1, 0.15) is 6.92 Å². The predicted octanol–water partition coefficient (Wildman–Crippen LogP) is 0.442. The molecule has 0 amide bonds. The summed E-state index contributed by atoms with van der Waals surface area (Å²) in [4.78, 5) is 10.2. The van der Waals surface area contributed by atoms with E-state index in [4.69, 9.17) is 0 Å². The van der Waals surface area contributed by atoms with E-state index in [1.54, 1.807) is 0 Å². The van der Waals surface area contributed by atoms with Crippen LogP contribution in [0.15, 0.2) is 6.33 Å². The quantitative estimate of drug-likeness (QED) is 0.651. The Morgan fingerprint density at radius 2 is 2.40 bits per heavy atom. The maximum absolute atomic E-state index is 12.2. The zero-order valence-corrected chi connectivity index (χ0v) is 5.50. The summed E-state index contributed by atoms with van der Waals surface area (Å²) in [6, 6.07) is 0. The molecule has 0 saturated heterocycles. The van der Waals surface area contributed by atoms with Crippen molar-refractivity contribution < 1.29 is 4.39 Å². The van der Waals surface area contributed by atoms with E-state index < -0.39 is 6.08 Å². The molecule has 0 bridgehead atoms. The second kappa shape index (κ2) is 3.05. The molecular formula is C5H7FN4. The summed E-state index contributed by atoms with van der Waals surface area (Å²) in [7, 11) is 0. The minimum Gasteiger partial charge on any atom is -0.354 e. The molecule has 54 valence electrons. The second-order valence-electron chi connectivity index (χ2n) is 1.61. The lowest BCUT2D eigenvalue weighted by atomic mass is 10.7. The smallest absolute Gasteiger partial charge is 0.313 e. The highest BCUT2D eigenvalue weighted by atomic mass is 19.1. The fourth-order valence-electron chi connectivity index (χ4n) is 0.520. The Labute approximate surface area is 57.5 Å². The van der Waals surface area contributed by atoms with Gasteiger partial charge in [0.15, 0.2) is 0 Å². The largest absolute Gasteiger partial charge is 0.354 e. The molecule has 0 aliphatic heterocycles. The highest BCUT2D eigenvalue weighted by molar-refractivity contribution is 5.19. The summed E-state index contributed by atoms with van der Waals surface area (Å²) in [6.45, 7) is 2.55. The first-order chi connectivity index (χ1) is 4.83. The predicted molar refractivity (Wildman–Crippen MR) is 33.9 cm³/mol. The molecule has 1 heterocycles. The van der Waals surface area contributed by atoms with Crippen molar-refractivity contribution in [1.82, 2.24) is 15.0 Å². The lowest BCUT2D eigenvalue weighted by Crippen LogP contribution is -2.03. The summed E-state index contributed by atoms with van der Waals surface area (Å²) in [5.74, 6) is 0.273. The average Bonchev–Trinajstić information content (AvgIpc) is 1.88. The maximum Gasteiger partial charge on any atom is 0.313 e. The highest BCUT2D eigenvalue weighted by Gasteiger charge is 1.94. The van der Waals surface area contributed by atoms with Crippen molar-refractivity contribution in [2.45, 2.75) is 6.92 Å². The van der Waals surface area contributed by atoms with E-state index >= 15 is 0 Å². The number of hydrogen-bond donors (Lipinski definition) is 1.